The van der Waals surface area contributed by atoms with Crippen molar-refractivity contribution in [3.05, 3.63) is 89.2 Å². The number of nitrogens with zero attached hydrogens (tertiary/aromatic N) is 2. The van der Waals surface area contributed by atoms with E-state index < -0.39 is 5.97 Å². The maximum absolute atomic E-state index is 12.6. The Morgan fingerprint density at radius 1 is 1.15 bits per heavy atom. The Kier molecular flexibility index (Phi) is 4.22. The van der Waals surface area contributed by atoms with Crippen molar-refractivity contribution >= 4 is 17.8 Å². The van der Waals surface area contributed by atoms with Gasteiger partial charge in [0, 0.05) is 30.7 Å². The third kappa shape index (κ3) is 3.32. The fourth-order valence-electron chi connectivity index (χ4n) is 2.78. The number of ether oxygens (including phenoxy) is 2. The Morgan fingerprint density at radius 2 is 2.04 bits per heavy atom. The summed E-state index contributed by atoms with van der Waals surface area (Å²) >= 11 is 0. The molecule has 6 heteroatoms. The van der Waals surface area contributed by atoms with Gasteiger partial charge >= 0.3 is 5.97 Å². The van der Waals surface area contributed by atoms with Crippen LogP contribution in [0.15, 0.2) is 66.8 Å². The van der Waals surface area contributed by atoms with Gasteiger partial charge < -0.3 is 9.47 Å². The van der Waals surface area contributed by atoms with E-state index in [-0.39, 0.29) is 11.5 Å². The van der Waals surface area contributed by atoms with Gasteiger partial charge in [-0.3, -0.25) is 14.8 Å². The molecule has 0 amide bonds. The highest BCUT2D eigenvalue weighted by Crippen LogP contribution is 2.37. The summed E-state index contributed by atoms with van der Waals surface area (Å²) in [5.74, 6) is 0.0833. The molecule has 0 spiro atoms. The van der Waals surface area contributed by atoms with Crippen molar-refractivity contribution < 1.29 is 19.1 Å². The lowest BCUT2D eigenvalue weighted by atomic mass is 10.0. The van der Waals surface area contributed by atoms with Crippen molar-refractivity contribution in [2.75, 3.05) is 0 Å². The number of pyridine rings is 2. The number of hydrogen-bond acceptors (Lipinski definition) is 6. The van der Waals surface area contributed by atoms with E-state index in [0.717, 1.165) is 0 Å². The number of allylic oxidation sites excluding steroid dienone is 1. The Labute approximate surface area is 155 Å². The van der Waals surface area contributed by atoms with Crippen molar-refractivity contribution in [3.8, 4) is 11.5 Å². The first kappa shape index (κ1) is 16.7. The van der Waals surface area contributed by atoms with Crippen LogP contribution in [0.1, 0.15) is 32.0 Å². The second kappa shape index (κ2) is 6.84. The number of benzene rings is 1. The molecule has 0 unspecified atom stereocenters. The first-order valence-electron chi connectivity index (χ1n) is 8.24. The van der Waals surface area contributed by atoms with Crippen LogP contribution in [0, 0.1) is 6.92 Å². The van der Waals surface area contributed by atoms with E-state index in [4.69, 9.17) is 9.47 Å². The maximum atomic E-state index is 12.6. The Hall–Kier alpha value is -3.80. The number of ketones is 1. The van der Waals surface area contributed by atoms with Crippen LogP contribution < -0.4 is 9.47 Å². The van der Waals surface area contributed by atoms with E-state index in [2.05, 4.69) is 9.97 Å². The van der Waals surface area contributed by atoms with E-state index in [1.54, 1.807) is 55.7 Å². The van der Waals surface area contributed by atoms with Gasteiger partial charge in [0.2, 0.25) is 5.78 Å². The molecule has 3 aromatic rings. The molecule has 1 aliphatic heterocycles. The van der Waals surface area contributed by atoms with Gasteiger partial charge in [-0.2, -0.15) is 0 Å². The molecule has 0 fully saturated rings. The van der Waals surface area contributed by atoms with Gasteiger partial charge in [0.1, 0.15) is 11.5 Å². The molecule has 0 atom stereocenters. The summed E-state index contributed by atoms with van der Waals surface area (Å²) in [6.45, 7) is 1.77. The van der Waals surface area contributed by atoms with Crippen molar-refractivity contribution in [2.45, 2.75) is 6.92 Å². The predicted molar refractivity (Wildman–Crippen MR) is 97.5 cm³/mol. The molecule has 6 nitrogen and oxygen atoms in total. The molecule has 4 rings (SSSR count). The Balaban J connectivity index is 1.62. The van der Waals surface area contributed by atoms with Gasteiger partial charge in [-0.15, -0.1) is 0 Å². The summed E-state index contributed by atoms with van der Waals surface area (Å²) in [7, 11) is 0. The number of carbonyl (C=O) groups excluding carboxylic acids is 2. The van der Waals surface area contributed by atoms with Crippen LogP contribution in [0.5, 0.6) is 11.5 Å². The molecule has 0 aliphatic carbocycles. The lowest BCUT2D eigenvalue weighted by Gasteiger charge is -2.07. The highest BCUT2D eigenvalue weighted by Gasteiger charge is 2.30. The molecule has 27 heavy (non-hydrogen) atoms. The number of aromatic nitrogens is 2. The summed E-state index contributed by atoms with van der Waals surface area (Å²) in [5, 5.41) is 0. The summed E-state index contributed by atoms with van der Waals surface area (Å²) < 4.78 is 11.1. The summed E-state index contributed by atoms with van der Waals surface area (Å²) in [6, 6.07) is 11.8. The molecule has 3 heterocycles. The van der Waals surface area contributed by atoms with Gasteiger partial charge in [0.25, 0.3) is 0 Å². The SMILES string of the molecule is Cc1cc(OC(=O)c2cccnc2)cc2c1C(=O)/C(=C/c1ccccn1)O2. The molecular formula is C21H14N2O4. The van der Waals surface area contributed by atoms with E-state index in [1.165, 1.54) is 12.3 Å². The van der Waals surface area contributed by atoms with E-state index in [0.29, 0.717) is 33.9 Å². The monoisotopic (exact) mass is 358 g/mol. The molecule has 132 valence electrons. The summed E-state index contributed by atoms with van der Waals surface area (Å²) in [6.07, 6.45) is 6.23. The quantitative estimate of drug-likeness (QED) is 0.404. The summed E-state index contributed by atoms with van der Waals surface area (Å²) in [5.41, 5.74) is 2.08. The van der Waals surface area contributed by atoms with Crippen molar-refractivity contribution in [3.63, 3.8) is 0 Å². The zero-order valence-corrected chi connectivity index (χ0v) is 14.4. The third-order valence-electron chi connectivity index (χ3n) is 4.02. The van der Waals surface area contributed by atoms with Crippen LogP contribution in [0.25, 0.3) is 6.08 Å². The number of aryl methyl sites for hydroxylation is 1. The predicted octanol–water partition coefficient (Wildman–Crippen LogP) is 3.62. The van der Waals surface area contributed by atoms with Crippen molar-refractivity contribution in [2.24, 2.45) is 0 Å². The number of hydrogen-bond donors (Lipinski definition) is 0. The molecule has 1 aliphatic rings. The van der Waals surface area contributed by atoms with Gasteiger partial charge in [-0.1, -0.05) is 6.07 Å². The molecule has 0 saturated carbocycles. The largest absolute Gasteiger partial charge is 0.452 e. The Morgan fingerprint density at radius 3 is 2.78 bits per heavy atom. The van der Waals surface area contributed by atoms with Crippen molar-refractivity contribution in [1.29, 1.82) is 0 Å². The van der Waals surface area contributed by atoms with Gasteiger partial charge in [-0.05, 0) is 42.8 Å². The molecule has 2 aromatic heterocycles. The zero-order valence-electron chi connectivity index (χ0n) is 14.4. The van der Waals surface area contributed by atoms with Crippen molar-refractivity contribution in [1.82, 2.24) is 9.97 Å². The van der Waals surface area contributed by atoms with Crippen LogP contribution in [0.3, 0.4) is 0 Å². The van der Waals surface area contributed by atoms with Gasteiger partial charge in [-0.25, -0.2) is 4.79 Å². The minimum atomic E-state index is -0.531. The second-order valence-corrected chi connectivity index (χ2v) is 5.94. The molecule has 1 aromatic carbocycles. The number of fused-ring (bicyclic) bond motifs is 1. The molecule has 0 radical (unpaired) electrons. The molecule has 0 N–H and O–H groups in total. The minimum Gasteiger partial charge on any atom is -0.452 e. The smallest absolute Gasteiger partial charge is 0.345 e. The second-order valence-electron chi connectivity index (χ2n) is 5.94. The number of Topliss-reactive ketones (excluding diaryl/α,β-unsaturated/α-hetero) is 1. The third-order valence-corrected chi connectivity index (χ3v) is 4.02. The number of carbonyl (C=O) groups is 2. The lowest BCUT2D eigenvalue weighted by molar-refractivity contribution is 0.0734. The highest BCUT2D eigenvalue weighted by atomic mass is 16.5. The van der Waals surface area contributed by atoms with Gasteiger partial charge in [0.15, 0.2) is 5.76 Å². The average molecular weight is 358 g/mol. The fraction of sp³-hybridized carbons (Fsp3) is 0.0476. The molecule has 0 saturated heterocycles. The first-order valence-corrected chi connectivity index (χ1v) is 8.24. The van der Waals surface area contributed by atoms with E-state index in [1.807, 2.05) is 6.07 Å². The normalized spacial score (nSPS) is 14.0. The van der Waals surface area contributed by atoms with Crippen LogP contribution in [0.2, 0.25) is 0 Å². The minimum absolute atomic E-state index is 0.183. The van der Waals surface area contributed by atoms with Crippen LogP contribution in [-0.4, -0.2) is 21.7 Å². The number of esters is 1. The standard InChI is InChI=1S/C21H14N2O4/c1-13-9-16(26-21(25)14-5-4-7-22-12-14)11-17-19(13)20(24)18(27-17)10-15-6-2-3-8-23-15/h2-12H,1H3/b18-10-. The van der Waals surface area contributed by atoms with E-state index >= 15 is 0 Å². The fourth-order valence-corrected chi connectivity index (χ4v) is 2.78. The molecule has 0 bridgehead atoms. The highest BCUT2D eigenvalue weighted by molar-refractivity contribution is 6.15. The van der Waals surface area contributed by atoms with Gasteiger partial charge in [0.05, 0.1) is 16.8 Å². The van der Waals surface area contributed by atoms with Crippen LogP contribution >= 0.6 is 0 Å². The zero-order chi connectivity index (χ0) is 18.8. The van der Waals surface area contributed by atoms with Crippen LogP contribution in [0.4, 0.5) is 0 Å². The topological polar surface area (TPSA) is 78.4 Å². The number of rotatable bonds is 3. The average Bonchev–Trinajstić information content (AvgIpc) is 2.99. The maximum Gasteiger partial charge on any atom is 0.345 e. The van der Waals surface area contributed by atoms with Crippen LogP contribution in [-0.2, 0) is 0 Å². The Bertz CT molecular complexity index is 1060. The van der Waals surface area contributed by atoms with E-state index in [9.17, 15) is 9.59 Å². The lowest BCUT2D eigenvalue weighted by Crippen LogP contribution is -2.09. The summed E-state index contributed by atoms with van der Waals surface area (Å²) in [4.78, 5) is 32.9. The molecular weight excluding hydrogens is 344 g/mol. The first-order chi connectivity index (χ1) is 13.1.